The highest BCUT2D eigenvalue weighted by molar-refractivity contribution is 9.10. The van der Waals surface area contributed by atoms with Crippen molar-refractivity contribution < 1.29 is 9.59 Å². The first-order chi connectivity index (χ1) is 13.1. The molecule has 27 heavy (non-hydrogen) atoms. The Morgan fingerprint density at radius 1 is 0.630 bits per heavy atom. The van der Waals surface area contributed by atoms with Gasteiger partial charge in [-0.15, -0.1) is 0 Å². The first kappa shape index (κ1) is 21.6. The van der Waals surface area contributed by atoms with Crippen LogP contribution >= 0.6 is 31.9 Å². The van der Waals surface area contributed by atoms with Gasteiger partial charge in [0.05, 0.1) is 11.1 Å². The van der Waals surface area contributed by atoms with Crippen molar-refractivity contribution in [2.24, 2.45) is 0 Å². The smallest absolute Gasteiger partial charge is 0.252 e. The molecule has 2 aromatic carbocycles. The Labute approximate surface area is 177 Å². The first-order valence-electron chi connectivity index (χ1n) is 9.15. The molecule has 0 heterocycles. The molecular weight excluding hydrogens is 472 g/mol. The maximum absolute atomic E-state index is 12.1. The van der Waals surface area contributed by atoms with Gasteiger partial charge in [0, 0.05) is 22.0 Å². The van der Waals surface area contributed by atoms with E-state index in [1.807, 2.05) is 48.5 Å². The molecule has 0 aliphatic carbocycles. The summed E-state index contributed by atoms with van der Waals surface area (Å²) in [6.45, 7) is 1.36. The van der Waals surface area contributed by atoms with E-state index < -0.39 is 0 Å². The second kappa shape index (κ2) is 11.9. The molecule has 2 amide bonds. The SMILES string of the molecule is O=C(NCCCCCCCNC(=O)c1ccccc1Br)c1ccccc1Br. The maximum atomic E-state index is 12.1. The van der Waals surface area contributed by atoms with Crippen molar-refractivity contribution in [1.82, 2.24) is 10.6 Å². The monoisotopic (exact) mass is 494 g/mol. The lowest BCUT2D eigenvalue weighted by Gasteiger charge is -2.08. The highest BCUT2D eigenvalue weighted by Crippen LogP contribution is 2.16. The number of unbranched alkanes of at least 4 members (excludes halogenated alkanes) is 4. The number of amides is 2. The maximum Gasteiger partial charge on any atom is 0.252 e. The zero-order valence-electron chi connectivity index (χ0n) is 15.1. The minimum atomic E-state index is -0.0442. The minimum absolute atomic E-state index is 0.0442. The number of hydrogen-bond acceptors (Lipinski definition) is 2. The fraction of sp³-hybridized carbons (Fsp3) is 0.333. The van der Waals surface area contributed by atoms with Crippen LogP contribution in [-0.4, -0.2) is 24.9 Å². The molecule has 0 bridgehead atoms. The number of carbonyl (C=O) groups is 2. The third-order valence-electron chi connectivity index (χ3n) is 4.16. The van der Waals surface area contributed by atoms with Crippen LogP contribution in [0.25, 0.3) is 0 Å². The molecule has 0 radical (unpaired) electrons. The lowest BCUT2D eigenvalue weighted by Crippen LogP contribution is -2.25. The van der Waals surface area contributed by atoms with Crippen molar-refractivity contribution in [2.45, 2.75) is 32.1 Å². The van der Waals surface area contributed by atoms with Crippen LogP contribution in [0.1, 0.15) is 52.8 Å². The van der Waals surface area contributed by atoms with Crippen molar-refractivity contribution >= 4 is 43.7 Å². The van der Waals surface area contributed by atoms with Gasteiger partial charge < -0.3 is 10.6 Å². The number of halogens is 2. The number of nitrogens with one attached hydrogen (secondary N) is 2. The number of benzene rings is 2. The van der Waals surface area contributed by atoms with Crippen molar-refractivity contribution in [3.63, 3.8) is 0 Å². The van der Waals surface area contributed by atoms with Crippen molar-refractivity contribution in [1.29, 1.82) is 0 Å². The molecule has 0 aromatic heterocycles. The van der Waals surface area contributed by atoms with Gasteiger partial charge in [0.25, 0.3) is 11.8 Å². The molecule has 0 aliphatic rings. The molecule has 0 aliphatic heterocycles. The Morgan fingerprint density at radius 2 is 1.00 bits per heavy atom. The molecule has 0 saturated heterocycles. The summed E-state index contributed by atoms with van der Waals surface area (Å²) >= 11 is 6.78. The van der Waals surface area contributed by atoms with Crippen molar-refractivity contribution in [2.75, 3.05) is 13.1 Å². The summed E-state index contributed by atoms with van der Waals surface area (Å²) in [7, 11) is 0. The van der Waals surface area contributed by atoms with Gasteiger partial charge in [0.15, 0.2) is 0 Å². The van der Waals surface area contributed by atoms with Gasteiger partial charge in [-0.05, 0) is 69.0 Å². The molecule has 0 fully saturated rings. The second-order valence-electron chi connectivity index (χ2n) is 6.24. The average Bonchev–Trinajstić information content (AvgIpc) is 2.67. The second-order valence-corrected chi connectivity index (χ2v) is 7.95. The largest absolute Gasteiger partial charge is 0.352 e. The van der Waals surface area contributed by atoms with E-state index in [1.54, 1.807) is 0 Å². The van der Waals surface area contributed by atoms with Crippen molar-refractivity contribution in [3.8, 4) is 0 Å². The lowest BCUT2D eigenvalue weighted by atomic mass is 10.1. The molecule has 0 unspecified atom stereocenters. The van der Waals surface area contributed by atoms with Gasteiger partial charge >= 0.3 is 0 Å². The predicted molar refractivity (Wildman–Crippen MR) is 116 cm³/mol. The van der Waals surface area contributed by atoms with Crippen LogP contribution in [0.4, 0.5) is 0 Å². The first-order valence-corrected chi connectivity index (χ1v) is 10.7. The minimum Gasteiger partial charge on any atom is -0.352 e. The summed E-state index contributed by atoms with van der Waals surface area (Å²) in [4.78, 5) is 24.1. The van der Waals surface area contributed by atoms with Crippen LogP contribution < -0.4 is 10.6 Å². The van der Waals surface area contributed by atoms with Gasteiger partial charge in [-0.2, -0.15) is 0 Å². The van der Waals surface area contributed by atoms with Crippen LogP contribution in [-0.2, 0) is 0 Å². The molecule has 144 valence electrons. The molecule has 2 aromatic rings. The van der Waals surface area contributed by atoms with Gasteiger partial charge in [0.1, 0.15) is 0 Å². The van der Waals surface area contributed by atoms with Gasteiger partial charge in [-0.25, -0.2) is 0 Å². The Balaban J connectivity index is 1.50. The van der Waals surface area contributed by atoms with E-state index in [9.17, 15) is 9.59 Å². The molecule has 2 N–H and O–H groups in total. The Bertz CT molecular complexity index is 702. The van der Waals surface area contributed by atoms with E-state index in [0.29, 0.717) is 24.2 Å². The zero-order valence-corrected chi connectivity index (χ0v) is 18.3. The number of rotatable bonds is 10. The van der Waals surface area contributed by atoms with E-state index in [-0.39, 0.29) is 11.8 Å². The summed E-state index contributed by atoms with van der Waals surface area (Å²) in [6.07, 6.45) is 5.14. The van der Waals surface area contributed by atoms with Crippen molar-refractivity contribution in [3.05, 3.63) is 68.6 Å². The lowest BCUT2D eigenvalue weighted by molar-refractivity contribution is 0.0944. The third-order valence-corrected chi connectivity index (χ3v) is 5.54. The molecule has 0 saturated carbocycles. The molecule has 6 heteroatoms. The third kappa shape index (κ3) is 7.46. The molecule has 4 nitrogen and oxygen atoms in total. The summed E-state index contributed by atoms with van der Waals surface area (Å²) in [6, 6.07) is 14.8. The van der Waals surface area contributed by atoms with Gasteiger partial charge in [0.2, 0.25) is 0 Å². The molecule has 0 atom stereocenters. The standard InChI is InChI=1S/C21H24Br2N2O2/c22-18-12-6-4-10-16(18)20(26)24-14-8-2-1-3-9-15-25-21(27)17-11-5-7-13-19(17)23/h4-7,10-13H,1-3,8-9,14-15H2,(H,24,26)(H,25,27). The molecule has 2 rings (SSSR count). The topological polar surface area (TPSA) is 58.2 Å². The Morgan fingerprint density at radius 3 is 1.41 bits per heavy atom. The number of hydrogen-bond donors (Lipinski definition) is 2. The molecule has 0 spiro atoms. The number of carbonyl (C=O) groups excluding carboxylic acids is 2. The molecular formula is C21H24Br2N2O2. The normalized spacial score (nSPS) is 10.4. The predicted octanol–water partition coefficient (Wildman–Crippen LogP) is 5.32. The summed E-state index contributed by atoms with van der Waals surface area (Å²) in [5.74, 6) is -0.0884. The van der Waals surface area contributed by atoms with Crippen LogP contribution in [0.15, 0.2) is 57.5 Å². The van der Waals surface area contributed by atoms with Crippen LogP contribution in [0.3, 0.4) is 0 Å². The Kier molecular flexibility index (Phi) is 9.56. The highest BCUT2D eigenvalue weighted by atomic mass is 79.9. The zero-order chi connectivity index (χ0) is 19.5. The quantitative estimate of drug-likeness (QED) is 0.438. The van der Waals surface area contributed by atoms with E-state index >= 15 is 0 Å². The average molecular weight is 496 g/mol. The van der Waals surface area contributed by atoms with E-state index in [1.165, 1.54) is 0 Å². The fourth-order valence-electron chi connectivity index (χ4n) is 2.67. The summed E-state index contributed by atoms with van der Waals surface area (Å²) in [5, 5.41) is 5.90. The Hall–Kier alpha value is -1.66. The van der Waals surface area contributed by atoms with Crippen LogP contribution in [0.2, 0.25) is 0 Å². The highest BCUT2D eigenvalue weighted by Gasteiger charge is 2.08. The van der Waals surface area contributed by atoms with E-state index in [4.69, 9.17) is 0 Å². The van der Waals surface area contributed by atoms with E-state index in [0.717, 1.165) is 41.0 Å². The fourth-order valence-corrected chi connectivity index (χ4v) is 3.60. The van der Waals surface area contributed by atoms with Gasteiger partial charge in [-0.3, -0.25) is 9.59 Å². The van der Waals surface area contributed by atoms with E-state index in [2.05, 4.69) is 42.5 Å². The van der Waals surface area contributed by atoms with Gasteiger partial charge in [-0.1, -0.05) is 43.5 Å². The van der Waals surface area contributed by atoms with Crippen LogP contribution in [0, 0.1) is 0 Å². The summed E-state index contributed by atoms with van der Waals surface area (Å²) < 4.78 is 1.62. The summed E-state index contributed by atoms with van der Waals surface area (Å²) in [5.41, 5.74) is 1.33. The van der Waals surface area contributed by atoms with Crippen LogP contribution in [0.5, 0.6) is 0 Å².